The summed E-state index contributed by atoms with van der Waals surface area (Å²) in [4.78, 5) is 17.3. The van der Waals surface area contributed by atoms with Crippen molar-refractivity contribution in [2.24, 2.45) is 0 Å². The second-order valence-corrected chi connectivity index (χ2v) is 7.81. The molecule has 158 valence electrons. The largest absolute Gasteiger partial charge is 0.348 e. The molecule has 0 heterocycles. The fraction of sp³-hybridized carbons (Fsp3) is 0.480. The lowest BCUT2D eigenvalue weighted by molar-refractivity contribution is 0.0951. The van der Waals surface area contributed by atoms with Crippen LogP contribution in [0, 0.1) is 0 Å². The molecule has 0 aliphatic heterocycles. The molecule has 0 atom stereocenters. The molecule has 2 rings (SSSR count). The molecule has 0 fully saturated rings. The maximum atomic E-state index is 12.5. The molecule has 4 nitrogen and oxygen atoms in total. The van der Waals surface area contributed by atoms with E-state index in [1.165, 1.54) is 11.1 Å². The molecule has 2 aromatic carbocycles. The van der Waals surface area contributed by atoms with E-state index in [4.69, 9.17) is 0 Å². The molecular formula is C25H37N3O. The van der Waals surface area contributed by atoms with Gasteiger partial charge in [-0.25, -0.2) is 0 Å². The number of hydrogen-bond donors (Lipinski definition) is 1. The Morgan fingerprint density at radius 2 is 1.31 bits per heavy atom. The van der Waals surface area contributed by atoms with E-state index in [2.05, 4.69) is 86.1 Å². The SMILES string of the molecule is CCN(CC)Cc1ccc(CNC(=O)c2ccc(CN(CC)C(C)C)cc2)cc1. The molecule has 29 heavy (non-hydrogen) atoms. The molecule has 0 aromatic heterocycles. The Labute approximate surface area is 176 Å². The standard InChI is InChI=1S/C25H37N3O/c1-6-27(7-2)18-22-11-9-21(10-12-22)17-26-25(29)24-15-13-23(14-16-24)19-28(8-3)20(4)5/h9-16,20H,6-8,17-19H2,1-5H3,(H,26,29). The number of rotatable bonds is 11. The van der Waals surface area contributed by atoms with Gasteiger partial charge in [-0.3, -0.25) is 14.6 Å². The van der Waals surface area contributed by atoms with Crippen molar-refractivity contribution in [3.8, 4) is 0 Å². The molecule has 2 aromatic rings. The Kier molecular flexibility index (Phi) is 9.36. The van der Waals surface area contributed by atoms with Gasteiger partial charge in [-0.15, -0.1) is 0 Å². The minimum Gasteiger partial charge on any atom is -0.348 e. The van der Waals surface area contributed by atoms with Crippen molar-refractivity contribution in [1.29, 1.82) is 0 Å². The van der Waals surface area contributed by atoms with Crippen LogP contribution < -0.4 is 5.32 Å². The third-order valence-electron chi connectivity index (χ3n) is 5.51. The van der Waals surface area contributed by atoms with Crippen LogP contribution in [-0.2, 0) is 19.6 Å². The van der Waals surface area contributed by atoms with Crippen LogP contribution in [-0.4, -0.2) is 41.4 Å². The zero-order valence-electron chi connectivity index (χ0n) is 18.7. The van der Waals surface area contributed by atoms with E-state index in [1.54, 1.807) is 0 Å². The fourth-order valence-electron chi connectivity index (χ4n) is 3.41. The van der Waals surface area contributed by atoms with Gasteiger partial charge in [0.15, 0.2) is 0 Å². The molecule has 0 bridgehead atoms. The highest BCUT2D eigenvalue weighted by Gasteiger charge is 2.09. The average Bonchev–Trinajstić information content (AvgIpc) is 2.75. The van der Waals surface area contributed by atoms with Crippen molar-refractivity contribution < 1.29 is 4.79 Å². The van der Waals surface area contributed by atoms with Gasteiger partial charge in [-0.2, -0.15) is 0 Å². The summed E-state index contributed by atoms with van der Waals surface area (Å²) in [6, 6.07) is 17.0. The highest BCUT2D eigenvalue weighted by atomic mass is 16.1. The Bertz CT molecular complexity index is 734. The van der Waals surface area contributed by atoms with E-state index in [1.807, 2.05) is 12.1 Å². The second kappa shape index (κ2) is 11.7. The summed E-state index contributed by atoms with van der Waals surface area (Å²) in [5.74, 6) is -0.0278. The molecule has 0 radical (unpaired) electrons. The first-order valence-corrected chi connectivity index (χ1v) is 10.9. The van der Waals surface area contributed by atoms with Crippen molar-refractivity contribution in [3.63, 3.8) is 0 Å². The first-order valence-electron chi connectivity index (χ1n) is 10.9. The lowest BCUT2D eigenvalue weighted by atomic mass is 10.1. The number of nitrogens with zero attached hydrogens (tertiary/aromatic N) is 2. The molecule has 0 saturated heterocycles. The molecule has 0 aliphatic carbocycles. The van der Waals surface area contributed by atoms with Gasteiger partial charge in [0, 0.05) is 31.2 Å². The van der Waals surface area contributed by atoms with E-state index in [9.17, 15) is 4.79 Å². The van der Waals surface area contributed by atoms with Crippen molar-refractivity contribution in [3.05, 3.63) is 70.8 Å². The van der Waals surface area contributed by atoms with Crippen molar-refractivity contribution in [1.82, 2.24) is 15.1 Å². The number of hydrogen-bond acceptors (Lipinski definition) is 3. The minimum atomic E-state index is -0.0278. The summed E-state index contributed by atoms with van der Waals surface area (Å²) in [6.07, 6.45) is 0. The maximum Gasteiger partial charge on any atom is 0.251 e. The van der Waals surface area contributed by atoms with E-state index in [0.29, 0.717) is 18.2 Å². The summed E-state index contributed by atoms with van der Waals surface area (Å²) in [7, 11) is 0. The number of carbonyl (C=O) groups excluding carboxylic acids is 1. The van der Waals surface area contributed by atoms with Crippen LogP contribution in [0.4, 0.5) is 0 Å². The lowest BCUT2D eigenvalue weighted by Gasteiger charge is -2.24. The average molecular weight is 396 g/mol. The van der Waals surface area contributed by atoms with Gasteiger partial charge < -0.3 is 5.32 Å². The Morgan fingerprint density at radius 3 is 1.83 bits per heavy atom. The molecule has 4 heteroatoms. The smallest absolute Gasteiger partial charge is 0.251 e. The highest BCUT2D eigenvalue weighted by Crippen LogP contribution is 2.11. The van der Waals surface area contributed by atoms with Gasteiger partial charge >= 0.3 is 0 Å². The summed E-state index contributed by atoms with van der Waals surface area (Å²) < 4.78 is 0. The normalized spacial score (nSPS) is 11.4. The third-order valence-corrected chi connectivity index (χ3v) is 5.51. The summed E-state index contributed by atoms with van der Waals surface area (Å²) in [5, 5.41) is 3.03. The number of nitrogens with one attached hydrogen (secondary N) is 1. The van der Waals surface area contributed by atoms with Gasteiger partial charge in [0.1, 0.15) is 0 Å². The Hall–Kier alpha value is -2.17. The minimum absolute atomic E-state index is 0.0278. The van der Waals surface area contributed by atoms with Gasteiger partial charge in [0.25, 0.3) is 5.91 Å². The predicted octanol–water partition coefficient (Wildman–Crippen LogP) is 4.69. The Morgan fingerprint density at radius 1 is 0.793 bits per heavy atom. The summed E-state index contributed by atoms with van der Waals surface area (Å²) in [6.45, 7) is 16.5. The van der Waals surface area contributed by atoms with Crippen LogP contribution >= 0.6 is 0 Å². The summed E-state index contributed by atoms with van der Waals surface area (Å²) in [5.41, 5.74) is 4.37. The predicted molar refractivity (Wildman–Crippen MR) is 122 cm³/mol. The highest BCUT2D eigenvalue weighted by molar-refractivity contribution is 5.94. The van der Waals surface area contributed by atoms with E-state index < -0.39 is 0 Å². The van der Waals surface area contributed by atoms with Gasteiger partial charge in [0.05, 0.1) is 0 Å². The molecule has 0 aliphatic rings. The van der Waals surface area contributed by atoms with Gasteiger partial charge in [-0.05, 0) is 62.3 Å². The molecular weight excluding hydrogens is 358 g/mol. The topological polar surface area (TPSA) is 35.6 Å². The monoisotopic (exact) mass is 395 g/mol. The lowest BCUT2D eigenvalue weighted by Crippen LogP contribution is -2.30. The van der Waals surface area contributed by atoms with E-state index in [-0.39, 0.29) is 5.91 Å². The molecule has 0 spiro atoms. The van der Waals surface area contributed by atoms with E-state index >= 15 is 0 Å². The number of benzene rings is 2. The molecule has 1 amide bonds. The van der Waals surface area contributed by atoms with Crippen LogP contribution in [0.25, 0.3) is 0 Å². The van der Waals surface area contributed by atoms with Crippen molar-refractivity contribution in [2.75, 3.05) is 19.6 Å². The van der Waals surface area contributed by atoms with Crippen LogP contribution in [0.5, 0.6) is 0 Å². The second-order valence-electron chi connectivity index (χ2n) is 7.81. The third kappa shape index (κ3) is 7.30. The van der Waals surface area contributed by atoms with E-state index in [0.717, 1.165) is 38.3 Å². The van der Waals surface area contributed by atoms with Crippen LogP contribution in [0.15, 0.2) is 48.5 Å². The maximum absolute atomic E-state index is 12.5. The molecule has 0 unspecified atom stereocenters. The van der Waals surface area contributed by atoms with Crippen LogP contribution in [0.1, 0.15) is 61.7 Å². The number of carbonyl (C=O) groups is 1. The molecule has 1 N–H and O–H groups in total. The molecule has 0 saturated carbocycles. The number of amides is 1. The van der Waals surface area contributed by atoms with Crippen LogP contribution in [0.3, 0.4) is 0 Å². The van der Waals surface area contributed by atoms with Crippen molar-refractivity contribution in [2.45, 2.75) is 60.3 Å². The first kappa shape index (κ1) is 23.1. The first-order chi connectivity index (χ1) is 14.0. The Balaban J connectivity index is 1.87. The quantitative estimate of drug-likeness (QED) is 0.600. The zero-order chi connectivity index (χ0) is 21.2. The van der Waals surface area contributed by atoms with Gasteiger partial charge in [0.2, 0.25) is 0 Å². The zero-order valence-corrected chi connectivity index (χ0v) is 18.7. The van der Waals surface area contributed by atoms with Crippen molar-refractivity contribution >= 4 is 5.91 Å². The van der Waals surface area contributed by atoms with Crippen LogP contribution in [0.2, 0.25) is 0 Å². The van der Waals surface area contributed by atoms with Gasteiger partial charge in [-0.1, -0.05) is 57.2 Å². The summed E-state index contributed by atoms with van der Waals surface area (Å²) >= 11 is 0. The fourth-order valence-corrected chi connectivity index (χ4v) is 3.41.